The topological polar surface area (TPSA) is 59.1 Å². The Hall–Kier alpha value is -2.73. The number of ether oxygens (including phenoxy) is 2. The Morgan fingerprint density at radius 1 is 1.20 bits per heavy atom. The normalized spacial score (nSPS) is 15.7. The first-order chi connectivity index (χ1) is 14.5. The average molecular weight is 431 g/mol. The summed E-state index contributed by atoms with van der Waals surface area (Å²) in [6, 6.07) is 12.1. The first-order valence-corrected chi connectivity index (χ1v) is 10.4. The summed E-state index contributed by atoms with van der Waals surface area (Å²) in [6.07, 6.45) is 1.40. The molecule has 160 valence electrons. The largest absolute Gasteiger partial charge is 0.496 e. The molecule has 2 aromatic carbocycles. The van der Waals surface area contributed by atoms with Crippen LogP contribution in [0.3, 0.4) is 0 Å². The van der Waals surface area contributed by atoms with Crippen LogP contribution in [0.25, 0.3) is 0 Å². The second-order valence-electron chi connectivity index (χ2n) is 7.24. The molecule has 0 saturated carbocycles. The summed E-state index contributed by atoms with van der Waals surface area (Å²) in [4.78, 5) is 29.7. The van der Waals surface area contributed by atoms with Crippen molar-refractivity contribution >= 4 is 23.4 Å². The van der Waals surface area contributed by atoms with E-state index in [4.69, 9.17) is 21.1 Å². The van der Waals surface area contributed by atoms with E-state index in [1.54, 1.807) is 35.0 Å². The quantitative estimate of drug-likeness (QED) is 0.665. The lowest BCUT2D eigenvalue weighted by molar-refractivity contribution is -0.134. The van der Waals surface area contributed by atoms with Crippen LogP contribution in [-0.2, 0) is 11.3 Å². The van der Waals surface area contributed by atoms with Crippen molar-refractivity contribution < 1.29 is 19.1 Å². The first-order valence-electron chi connectivity index (χ1n) is 10.1. The Bertz CT molecular complexity index is 918. The van der Waals surface area contributed by atoms with Gasteiger partial charge in [0.25, 0.3) is 5.91 Å². The van der Waals surface area contributed by atoms with Crippen molar-refractivity contribution in [2.24, 2.45) is 0 Å². The number of likely N-dealkylation sites (N-methyl/N-ethyl adjacent to an activating group) is 1. The van der Waals surface area contributed by atoms with Gasteiger partial charge >= 0.3 is 0 Å². The molecular weight excluding hydrogens is 404 g/mol. The molecule has 0 spiro atoms. The van der Waals surface area contributed by atoms with Crippen LogP contribution >= 0.6 is 11.6 Å². The molecular formula is C23H27ClN2O4. The van der Waals surface area contributed by atoms with Gasteiger partial charge in [-0.2, -0.15) is 0 Å². The second kappa shape index (κ2) is 9.85. The highest BCUT2D eigenvalue weighted by molar-refractivity contribution is 6.31. The summed E-state index contributed by atoms with van der Waals surface area (Å²) in [7, 11) is 3.27. The number of benzene rings is 2. The van der Waals surface area contributed by atoms with Gasteiger partial charge in [0.05, 0.1) is 19.3 Å². The number of likely N-dealkylation sites (tertiary alicyclic amines) is 1. The predicted molar refractivity (Wildman–Crippen MR) is 116 cm³/mol. The van der Waals surface area contributed by atoms with E-state index in [0.717, 1.165) is 17.7 Å². The third kappa shape index (κ3) is 4.70. The molecule has 6 nitrogen and oxygen atoms in total. The van der Waals surface area contributed by atoms with E-state index < -0.39 is 6.04 Å². The van der Waals surface area contributed by atoms with Crippen molar-refractivity contribution in [1.29, 1.82) is 0 Å². The minimum absolute atomic E-state index is 0.0897. The average Bonchev–Trinajstić information content (AvgIpc) is 3.24. The minimum Gasteiger partial charge on any atom is -0.496 e. The second-order valence-corrected chi connectivity index (χ2v) is 7.67. The molecule has 0 radical (unpaired) electrons. The molecule has 1 atom stereocenters. The number of hydrogen-bond donors (Lipinski definition) is 0. The first kappa shape index (κ1) is 22.0. The predicted octanol–water partition coefficient (Wildman–Crippen LogP) is 4.01. The van der Waals surface area contributed by atoms with E-state index >= 15 is 0 Å². The number of carbonyl (C=O) groups excluding carboxylic acids is 2. The zero-order valence-electron chi connectivity index (χ0n) is 17.6. The van der Waals surface area contributed by atoms with Gasteiger partial charge in [-0.3, -0.25) is 9.59 Å². The highest BCUT2D eigenvalue weighted by Gasteiger charge is 2.37. The molecule has 0 aliphatic carbocycles. The number of halogens is 1. The van der Waals surface area contributed by atoms with Gasteiger partial charge in [-0.15, -0.1) is 0 Å². The van der Waals surface area contributed by atoms with E-state index in [1.165, 1.54) is 7.11 Å². The van der Waals surface area contributed by atoms with Crippen molar-refractivity contribution in [2.45, 2.75) is 32.4 Å². The van der Waals surface area contributed by atoms with Crippen LogP contribution in [0.2, 0.25) is 5.02 Å². The van der Waals surface area contributed by atoms with Crippen molar-refractivity contribution in [3.8, 4) is 11.5 Å². The van der Waals surface area contributed by atoms with Gasteiger partial charge in [0.1, 0.15) is 17.5 Å². The third-order valence-electron chi connectivity index (χ3n) is 5.25. The third-order valence-corrected chi connectivity index (χ3v) is 5.48. The molecule has 3 rings (SSSR count). The lowest BCUT2D eigenvalue weighted by Crippen LogP contribution is -2.46. The summed E-state index contributed by atoms with van der Waals surface area (Å²) in [5, 5.41) is 0.450. The Morgan fingerprint density at radius 2 is 1.97 bits per heavy atom. The molecule has 0 aromatic heterocycles. The molecule has 0 bridgehead atoms. The van der Waals surface area contributed by atoms with Crippen LogP contribution in [0.4, 0.5) is 0 Å². The molecule has 1 aliphatic heterocycles. The number of rotatable bonds is 7. The van der Waals surface area contributed by atoms with Crippen LogP contribution in [0.15, 0.2) is 42.5 Å². The Balaban J connectivity index is 1.77. The van der Waals surface area contributed by atoms with Gasteiger partial charge in [0.15, 0.2) is 0 Å². The standard InChI is InChI=1S/C23H27ClN2O4/c1-4-30-20-10-6-5-8-16(20)15-25(2)23(28)19-9-7-13-26(19)22(27)18-14-17(24)11-12-21(18)29-3/h5-6,8,10-12,14,19H,4,7,9,13,15H2,1-3H3. The lowest BCUT2D eigenvalue weighted by atomic mass is 10.1. The van der Waals surface area contributed by atoms with E-state index in [2.05, 4.69) is 0 Å². The minimum atomic E-state index is -0.509. The molecule has 7 heteroatoms. The van der Waals surface area contributed by atoms with Crippen molar-refractivity contribution in [3.63, 3.8) is 0 Å². The smallest absolute Gasteiger partial charge is 0.258 e. The van der Waals surface area contributed by atoms with Crippen LogP contribution in [0, 0.1) is 0 Å². The molecule has 1 aliphatic rings. The number of para-hydroxylation sites is 1. The number of hydrogen-bond acceptors (Lipinski definition) is 4. The van der Waals surface area contributed by atoms with Crippen LogP contribution < -0.4 is 9.47 Å². The van der Waals surface area contributed by atoms with Crippen LogP contribution in [0.1, 0.15) is 35.7 Å². The molecule has 1 fully saturated rings. The Morgan fingerprint density at radius 3 is 2.70 bits per heavy atom. The van der Waals surface area contributed by atoms with Gasteiger partial charge in [-0.05, 0) is 44.0 Å². The fourth-order valence-corrected chi connectivity index (χ4v) is 3.96. The van der Waals surface area contributed by atoms with E-state index in [1.807, 2.05) is 31.2 Å². The maximum atomic E-state index is 13.2. The Kier molecular flexibility index (Phi) is 7.21. The SMILES string of the molecule is CCOc1ccccc1CN(C)C(=O)C1CCCN1C(=O)c1cc(Cl)ccc1OC. The maximum absolute atomic E-state index is 13.2. The zero-order valence-corrected chi connectivity index (χ0v) is 18.3. The van der Waals surface area contributed by atoms with Crippen molar-refractivity contribution in [1.82, 2.24) is 9.80 Å². The van der Waals surface area contributed by atoms with E-state index in [9.17, 15) is 9.59 Å². The van der Waals surface area contributed by atoms with Gasteiger partial charge in [-0.25, -0.2) is 0 Å². The highest BCUT2D eigenvalue weighted by atomic mass is 35.5. The van der Waals surface area contributed by atoms with Crippen molar-refractivity contribution in [3.05, 3.63) is 58.6 Å². The summed E-state index contributed by atoms with van der Waals surface area (Å²) in [6.45, 7) is 3.42. The molecule has 1 unspecified atom stereocenters. The van der Waals surface area contributed by atoms with E-state index in [-0.39, 0.29) is 11.8 Å². The molecule has 2 aromatic rings. The van der Waals surface area contributed by atoms with Gasteiger partial charge < -0.3 is 19.3 Å². The summed E-state index contributed by atoms with van der Waals surface area (Å²) in [5.41, 5.74) is 1.30. The molecule has 1 heterocycles. The van der Waals surface area contributed by atoms with Crippen LogP contribution in [-0.4, -0.2) is 55.0 Å². The van der Waals surface area contributed by atoms with Crippen LogP contribution in [0.5, 0.6) is 11.5 Å². The number of methoxy groups -OCH3 is 1. The van der Waals surface area contributed by atoms with Gasteiger partial charge in [0.2, 0.25) is 5.91 Å². The summed E-state index contributed by atoms with van der Waals surface area (Å²) >= 11 is 6.09. The number of nitrogens with zero attached hydrogens (tertiary/aromatic N) is 2. The number of amides is 2. The maximum Gasteiger partial charge on any atom is 0.258 e. The zero-order chi connectivity index (χ0) is 21.7. The van der Waals surface area contributed by atoms with Gasteiger partial charge in [-0.1, -0.05) is 29.8 Å². The Labute approximate surface area is 182 Å². The van der Waals surface area contributed by atoms with E-state index in [0.29, 0.717) is 42.5 Å². The monoisotopic (exact) mass is 430 g/mol. The molecule has 30 heavy (non-hydrogen) atoms. The summed E-state index contributed by atoms with van der Waals surface area (Å²) < 4.78 is 11.0. The van der Waals surface area contributed by atoms with Gasteiger partial charge in [0, 0.05) is 30.7 Å². The molecule has 1 saturated heterocycles. The fraction of sp³-hybridized carbons (Fsp3) is 0.391. The number of carbonyl (C=O) groups is 2. The molecule has 2 amide bonds. The fourth-order valence-electron chi connectivity index (χ4n) is 3.79. The highest BCUT2D eigenvalue weighted by Crippen LogP contribution is 2.29. The molecule has 0 N–H and O–H groups in total. The lowest BCUT2D eigenvalue weighted by Gasteiger charge is -2.29. The summed E-state index contributed by atoms with van der Waals surface area (Å²) in [5.74, 6) is 0.880. The van der Waals surface area contributed by atoms with Crippen molar-refractivity contribution in [2.75, 3.05) is 27.3 Å².